The maximum Gasteiger partial charge on any atom is 0.233 e. The number of hydrogen-bond acceptors (Lipinski definition) is 4. The van der Waals surface area contributed by atoms with Crippen molar-refractivity contribution in [2.45, 2.75) is 50.3 Å². The highest BCUT2D eigenvalue weighted by Crippen LogP contribution is 2.34. The lowest BCUT2D eigenvalue weighted by atomic mass is 9.85. The summed E-state index contributed by atoms with van der Waals surface area (Å²) in [6, 6.07) is 7.14. The fourth-order valence-electron chi connectivity index (χ4n) is 3.44. The molecule has 0 amide bonds. The Hall–Kier alpha value is -0.840. The summed E-state index contributed by atoms with van der Waals surface area (Å²) in [6.07, 6.45) is 6.42. The first-order valence-electron chi connectivity index (χ1n) is 7.25. The van der Waals surface area contributed by atoms with Crippen LogP contribution in [0.5, 0.6) is 5.88 Å². The van der Waals surface area contributed by atoms with Crippen LogP contribution in [0.1, 0.15) is 32.1 Å². The highest BCUT2D eigenvalue weighted by molar-refractivity contribution is 7.13. The van der Waals surface area contributed by atoms with Crippen LogP contribution in [0.4, 0.5) is 0 Å². The molecule has 0 radical (unpaired) electrons. The van der Waals surface area contributed by atoms with Crippen LogP contribution >= 0.6 is 23.1 Å². The molecule has 0 unspecified atom stereocenters. The van der Waals surface area contributed by atoms with E-state index in [1.54, 1.807) is 0 Å². The average Bonchev–Trinajstić information content (AvgIpc) is 2.80. The van der Waals surface area contributed by atoms with Gasteiger partial charge in [-0.2, -0.15) is 4.37 Å². The minimum atomic E-state index is 0.299. The summed E-state index contributed by atoms with van der Waals surface area (Å²) in [7, 11) is 0. The summed E-state index contributed by atoms with van der Waals surface area (Å²) >= 11 is 7.48. The molecule has 0 saturated carbocycles. The highest BCUT2D eigenvalue weighted by Gasteiger charge is 2.32. The Kier molecular flexibility index (Phi) is 3.33. The number of nitrogens with zero attached hydrogens (tertiary/aromatic N) is 1. The molecule has 2 aliphatic heterocycles. The molecule has 0 aliphatic carbocycles. The SMILES string of the molecule is Clc1ccc2c(O[C@@H]3C[C@H]4CCC[C@@H](C3)N4)nsc2c1. The maximum absolute atomic E-state index is 6.20. The average molecular weight is 309 g/mol. The summed E-state index contributed by atoms with van der Waals surface area (Å²) in [5.74, 6) is 0.784. The standard InChI is InChI=1S/C15H17ClN2OS/c16-9-4-5-13-14(6-9)20-18-15(13)19-12-7-10-2-1-3-11(8-12)17-10/h4-6,10-12,17H,1-3,7-8H2/t10-,11+,12-. The second-order valence-electron chi connectivity index (χ2n) is 5.83. The molecule has 2 saturated heterocycles. The Morgan fingerprint density at radius 3 is 2.85 bits per heavy atom. The molecule has 3 nitrogen and oxygen atoms in total. The first-order valence-corrected chi connectivity index (χ1v) is 8.41. The number of aromatic nitrogens is 1. The van der Waals surface area contributed by atoms with E-state index in [-0.39, 0.29) is 0 Å². The molecular weight excluding hydrogens is 292 g/mol. The predicted molar refractivity (Wildman–Crippen MR) is 82.8 cm³/mol. The third kappa shape index (κ3) is 2.41. The Bertz CT molecular complexity index is 617. The molecule has 1 N–H and O–H groups in total. The summed E-state index contributed by atoms with van der Waals surface area (Å²) in [5, 5.41) is 5.53. The normalized spacial score (nSPS) is 29.6. The van der Waals surface area contributed by atoms with Gasteiger partial charge in [0.05, 0.1) is 10.1 Å². The summed E-state index contributed by atoms with van der Waals surface area (Å²) in [5.41, 5.74) is 0. The van der Waals surface area contributed by atoms with E-state index >= 15 is 0 Å². The van der Waals surface area contributed by atoms with E-state index in [1.807, 2.05) is 18.2 Å². The molecule has 4 rings (SSSR count). The summed E-state index contributed by atoms with van der Waals surface area (Å²) < 4.78 is 11.8. The van der Waals surface area contributed by atoms with Gasteiger partial charge in [-0.05, 0) is 55.4 Å². The quantitative estimate of drug-likeness (QED) is 0.910. The zero-order valence-electron chi connectivity index (χ0n) is 11.1. The van der Waals surface area contributed by atoms with Crippen molar-refractivity contribution in [3.8, 4) is 5.88 Å². The first-order chi connectivity index (χ1) is 9.78. The third-order valence-electron chi connectivity index (χ3n) is 4.35. The zero-order valence-corrected chi connectivity index (χ0v) is 12.7. The van der Waals surface area contributed by atoms with Crippen LogP contribution in [0.2, 0.25) is 5.02 Å². The fourth-order valence-corrected chi connectivity index (χ4v) is 4.43. The summed E-state index contributed by atoms with van der Waals surface area (Å²) in [4.78, 5) is 0. The molecule has 106 valence electrons. The van der Waals surface area contributed by atoms with Crippen LogP contribution in [-0.4, -0.2) is 22.6 Å². The van der Waals surface area contributed by atoms with Gasteiger partial charge in [0.1, 0.15) is 6.10 Å². The van der Waals surface area contributed by atoms with E-state index in [1.165, 1.54) is 30.8 Å². The van der Waals surface area contributed by atoms with Crippen molar-refractivity contribution in [1.29, 1.82) is 0 Å². The highest BCUT2D eigenvalue weighted by atomic mass is 35.5. The van der Waals surface area contributed by atoms with Gasteiger partial charge in [0.25, 0.3) is 0 Å². The van der Waals surface area contributed by atoms with Crippen molar-refractivity contribution in [3.63, 3.8) is 0 Å². The molecule has 3 atom stereocenters. The van der Waals surface area contributed by atoms with E-state index in [0.717, 1.165) is 33.8 Å². The minimum Gasteiger partial charge on any atom is -0.473 e. The van der Waals surface area contributed by atoms with Crippen LogP contribution in [-0.2, 0) is 0 Å². The van der Waals surface area contributed by atoms with E-state index in [0.29, 0.717) is 18.2 Å². The number of fused-ring (bicyclic) bond motifs is 3. The topological polar surface area (TPSA) is 34.1 Å². The fraction of sp³-hybridized carbons (Fsp3) is 0.533. The molecule has 1 aromatic heterocycles. The number of halogens is 1. The molecular formula is C15H17ClN2OS. The van der Waals surface area contributed by atoms with Crippen LogP contribution in [0.25, 0.3) is 10.1 Å². The molecule has 2 aromatic rings. The number of ether oxygens (including phenoxy) is 1. The van der Waals surface area contributed by atoms with Gasteiger partial charge >= 0.3 is 0 Å². The van der Waals surface area contributed by atoms with Crippen LogP contribution in [0, 0.1) is 0 Å². The molecule has 2 aliphatic rings. The first kappa shape index (κ1) is 12.9. The molecule has 2 bridgehead atoms. The van der Waals surface area contributed by atoms with Gasteiger partial charge in [0.2, 0.25) is 5.88 Å². The van der Waals surface area contributed by atoms with E-state index in [4.69, 9.17) is 16.3 Å². The molecule has 0 spiro atoms. The Balaban J connectivity index is 1.55. The molecule has 2 fully saturated rings. The molecule has 20 heavy (non-hydrogen) atoms. The molecule has 1 aromatic carbocycles. The molecule has 3 heterocycles. The van der Waals surface area contributed by atoms with Gasteiger partial charge in [-0.25, -0.2) is 0 Å². The Morgan fingerprint density at radius 2 is 2.05 bits per heavy atom. The zero-order chi connectivity index (χ0) is 13.5. The van der Waals surface area contributed by atoms with Crippen LogP contribution in [0.15, 0.2) is 18.2 Å². The van der Waals surface area contributed by atoms with Gasteiger partial charge in [-0.3, -0.25) is 0 Å². The predicted octanol–water partition coefficient (Wildman–Crippen LogP) is 4.00. The van der Waals surface area contributed by atoms with Gasteiger partial charge in [-0.15, -0.1) is 0 Å². The van der Waals surface area contributed by atoms with Gasteiger partial charge in [0, 0.05) is 17.1 Å². The second kappa shape index (κ2) is 5.17. The molecule has 5 heteroatoms. The van der Waals surface area contributed by atoms with Crippen molar-refractivity contribution in [3.05, 3.63) is 23.2 Å². The van der Waals surface area contributed by atoms with E-state index in [9.17, 15) is 0 Å². The van der Waals surface area contributed by atoms with Crippen molar-refractivity contribution in [2.24, 2.45) is 0 Å². The smallest absolute Gasteiger partial charge is 0.233 e. The number of rotatable bonds is 2. The largest absolute Gasteiger partial charge is 0.473 e. The maximum atomic E-state index is 6.20. The number of hydrogen-bond donors (Lipinski definition) is 1. The van der Waals surface area contributed by atoms with Gasteiger partial charge in [-0.1, -0.05) is 18.0 Å². The second-order valence-corrected chi connectivity index (χ2v) is 7.07. The lowest BCUT2D eigenvalue weighted by Crippen LogP contribution is -2.51. The lowest BCUT2D eigenvalue weighted by Gasteiger charge is -2.39. The monoisotopic (exact) mass is 308 g/mol. The number of nitrogens with one attached hydrogen (secondary N) is 1. The lowest BCUT2D eigenvalue weighted by molar-refractivity contribution is 0.0911. The minimum absolute atomic E-state index is 0.299. The van der Waals surface area contributed by atoms with E-state index in [2.05, 4.69) is 9.69 Å². The van der Waals surface area contributed by atoms with Crippen LogP contribution < -0.4 is 10.1 Å². The van der Waals surface area contributed by atoms with Crippen molar-refractivity contribution < 1.29 is 4.74 Å². The van der Waals surface area contributed by atoms with Crippen molar-refractivity contribution in [1.82, 2.24) is 9.69 Å². The van der Waals surface area contributed by atoms with Crippen LogP contribution in [0.3, 0.4) is 0 Å². The van der Waals surface area contributed by atoms with Crippen molar-refractivity contribution in [2.75, 3.05) is 0 Å². The third-order valence-corrected chi connectivity index (χ3v) is 5.38. The Morgan fingerprint density at radius 1 is 1.25 bits per heavy atom. The number of benzene rings is 1. The van der Waals surface area contributed by atoms with E-state index < -0.39 is 0 Å². The Labute approximate surface area is 127 Å². The number of piperidine rings is 2. The van der Waals surface area contributed by atoms with Gasteiger partial charge in [0.15, 0.2) is 0 Å². The van der Waals surface area contributed by atoms with Crippen molar-refractivity contribution >= 4 is 33.2 Å². The van der Waals surface area contributed by atoms with Gasteiger partial charge < -0.3 is 10.1 Å². The summed E-state index contributed by atoms with van der Waals surface area (Å²) in [6.45, 7) is 0.